The van der Waals surface area contributed by atoms with E-state index in [1.54, 1.807) is 48.5 Å². The number of hydrogen-bond acceptors (Lipinski definition) is 4. The van der Waals surface area contributed by atoms with Crippen LogP contribution in [-0.4, -0.2) is 22.9 Å². The third-order valence-electron chi connectivity index (χ3n) is 5.16. The van der Waals surface area contributed by atoms with Crippen LogP contribution in [0.15, 0.2) is 88.9 Å². The van der Waals surface area contributed by atoms with Crippen molar-refractivity contribution in [1.29, 1.82) is 0 Å². The molecule has 0 saturated carbocycles. The summed E-state index contributed by atoms with van der Waals surface area (Å²) in [5.74, 6) is -0.955. The van der Waals surface area contributed by atoms with Crippen LogP contribution in [-0.2, 0) is 9.59 Å². The van der Waals surface area contributed by atoms with Gasteiger partial charge in [0, 0.05) is 15.7 Å². The highest BCUT2D eigenvalue weighted by atomic mass is 79.9. The quantitative estimate of drug-likeness (QED) is 0.275. The maximum Gasteiger partial charge on any atom is 0.300 e. The highest BCUT2D eigenvalue weighted by Crippen LogP contribution is 2.42. The highest BCUT2D eigenvalue weighted by Gasteiger charge is 2.46. The molecular formula is C26H22BrNO4. The van der Waals surface area contributed by atoms with Gasteiger partial charge in [0.25, 0.3) is 11.7 Å². The minimum atomic E-state index is -0.753. The van der Waals surface area contributed by atoms with Crippen molar-refractivity contribution in [3.63, 3.8) is 0 Å². The van der Waals surface area contributed by atoms with Crippen molar-refractivity contribution in [2.45, 2.75) is 26.0 Å². The van der Waals surface area contributed by atoms with Crippen LogP contribution in [0, 0.1) is 0 Å². The molecular weight excluding hydrogens is 470 g/mol. The number of ether oxygens (including phenoxy) is 1. The number of ketones is 1. The van der Waals surface area contributed by atoms with E-state index < -0.39 is 17.7 Å². The van der Waals surface area contributed by atoms with E-state index in [4.69, 9.17) is 4.74 Å². The van der Waals surface area contributed by atoms with Gasteiger partial charge in [-0.25, -0.2) is 0 Å². The first-order valence-corrected chi connectivity index (χ1v) is 11.0. The van der Waals surface area contributed by atoms with E-state index in [2.05, 4.69) is 15.9 Å². The van der Waals surface area contributed by atoms with E-state index >= 15 is 0 Å². The fourth-order valence-corrected chi connectivity index (χ4v) is 4.03. The summed E-state index contributed by atoms with van der Waals surface area (Å²) in [6, 6.07) is 22.4. The molecule has 1 atom stereocenters. The molecule has 1 fully saturated rings. The van der Waals surface area contributed by atoms with Crippen LogP contribution in [0.25, 0.3) is 5.76 Å². The predicted molar refractivity (Wildman–Crippen MR) is 128 cm³/mol. The molecule has 1 aliphatic rings. The lowest BCUT2D eigenvalue weighted by Crippen LogP contribution is -2.29. The van der Waals surface area contributed by atoms with Gasteiger partial charge in [-0.1, -0.05) is 46.3 Å². The zero-order valence-electron chi connectivity index (χ0n) is 17.7. The van der Waals surface area contributed by atoms with E-state index in [0.29, 0.717) is 17.0 Å². The second-order valence-electron chi connectivity index (χ2n) is 7.75. The second kappa shape index (κ2) is 9.01. The van der Waals surface area contributed by atoms with Gasteiger partial charge in [0.2, 0.25) is 0 Å². The number of benzene rings is 3. The summed E-state index contributed by atoms with van der Waals surface area (Å²) in [6.07, 6.45) is 0.0167. The number of anilines is 1. The Bertz CT molecular complexity index is 1170. The fraction of sp³-hybridized carbons (Fsp3) is 0.154. The highest BCUT2D eigenvalue weighted by molar-refractivity contribution is 9.10. The van der Waals surface area contributed by atoms with Crippen LogP contribution in [0.4, 0.5) is 5.69 Å². The SMILES string of the molecule is CC(C)Oc1ccc(/C(O)=C2/C(=O)C(=O)N(c3ccccc3)C2c2ccc(Br)cc2)cc1. The number of para-hydroxylation sites is 1. The van der Waals surface area contributed by atoms with Crippen molar-refractivity contribution >= 4 is 39.1 Å². The van der Waals surface area contributed by atoms with Crippen LogP contribution in [0.2, 0.25) is 0 Å². The summed E-state index contributed by atoms with van der Waals surface area (Å²) >= 11 is 3.42. The maximum absolute atomic E-state index is 13.1. The van der Waals surface area contributed by atoms with Gasteiger partial charge in [-0.3, -0.25) is 14.5 Å². The van der Waals surface area contributed by atoms with Gasteiger partial charge in [-0.05, 0) is 67.9 Å². The Labute approximate surface area is 195 Å². The Morgan fingerprint density at radius 3 is 2.16 bits per heavy atom. The van der Waals surface area contributed by atoms with Gasteiger partial charge in [-0.15, -0.1) is 0 Å². The van der Waals surface area contributed by atoms with E-state index in [1.807, 2.05) is 44.2 Å². The lowest BCUT2D eigenvalue weighted by Gasteiger charge is -2.25. The van der Waals surface area contributed by atoms with Crippen molar-refractivity contribution < 1.29 is 19.4 Å². The summed E-state index contributed by atoms with van der Waals surface area (Å²) in [7, 11) is 0. The number of aliphatic hydroxyl groups is 1. The topological polar surface area (TPSA) is 66.8 Å². The third kappa shape index (κ3) is 4.18. The third-order valence-corrected chi connectivity index (χ3v) is 5.69. The molecule has 1 N–H and O–H groups in total. The Hall–Kier alpha value is -3.38. The Balaban J connectivity index is 1.85. The smallest absolute Gasteiger partial charge is 0.300 e. The standard InChI is InChI=1S/C26H22BrNO4/c1-16(2)32-21-14-10-18(11-15-21)24(29)22-23(17-8-12-19(27)13-9-17)28(26(31)25(22)30)20-6-4-3-5-7-20/h3-16,23,29H,1-2H3/b24-22-. The van der Waals surface area contributed by atoms with Crippen LogP contribution in [0.1, 0.15) is 31.0 Å². The van der Waals surface area contributed by atoms with Gasteiger partial charge in [0.05, 0.1) is 17.7 Å². The molecule has 5 nitrogen and oxygen atoms in total. The van der Waals surface area contributed by atoms with Gasteiger partial charge >= 0.3 is 0 Å². The first-order chi connectivity index (χ1) is 15.4. The van der Waals surface area contributed by atoms with E-state index in [-0.39, 0.29) is 17.4 Å². The molecule has 1 unspecified atom stereocenters. The number of hydrogen-bond donors (Lipinski definition) is 1. The fourth-order valence-electron chi connectivity index (χ4n) is 3.77. The van der Waals surface area contributed by atoms with E-state index in [0.717, 1.165) is 10.0 Å². The summed E-state index contributed by atoms with van der Waals surface area (Å²) in [5, 5.41) is 11.2. The van der Waals surface area contributed by atoms with Crippen molar-refractivity contribution in [3.05, 3.63) is 100 Å². The van der Waals surface area contributed by atoms with E-state index in [1.165, 1.54) is 4.90 Å². The molecule has 1 amide bonds. The van der Waals surface area contributed by atoms with Crippen LogP contribution in [0.3, 0.4) is 0 Å². The monoisotopic (exact) mass is 491 g/mol. The Morgan fingerprint density at radius 2 is 1.56 bits per heavy atom. The first kappa shape index (κ1) is 21.8. The number of rotatable bonds is 5. The molecule has 1 heterocycles. The average Bonchev–Trinajstić information content (AvgIpc) is 3.05. The number of aliphatic hydroxyl groups excluding tert-OH is 1. The average molecular weight is 492 g/mol. The second-order valence-corrected chi connectivity index (χ2v) is 8.66. The Morgan fingerprint density at radius 1 is 0.938 bits per heavy atom. The number of Topliss-reactive ketones (excluding diaryl/α,β-unsaturated/α-hetero) is 1. The summed E-state index contributed by atoms with van der Waals surface area (Å²) < 4.78 is 6.53. The largest absolute Gasteiger partial charge is 0.507 e. The molecule has 1 aliphatic heterocycles. The Kier molecular flexibility index (Phi) is 6.15. The normalized spacial score (nSPS) is 17.8. The molecule has 0 aliphatic carbocycles. The molecule has 1 saturated heterocycles. The van der Waals surface area contributed by atoms with Gasteiger partial charge in [0.1, 0.15) is 11.5 Å². The van der Waals surface area contributed by atoms with Gasteiger partial charge in [0.15, 0.2) is 0 Å². The molecule has 162 valence electrons. The number of halogens is 1. The van der Waals surface area contributed by atoms with E-state index in [9.17, 15) is 14.7 Å². The molecule has 0 bridgehead atoms. The number of carbonyl (C=O) groups excluding carboxylic acids is 2. The van der Waals surface area contributed by atoms with Crippen LogP contribution in [0.5, 0.6) is 5.75 Å². The summed E-state index contributed by atoms with van der Waals surface area (Å²) in [4.78, 5) is 27.6. The van der Waals surface area contributed by atoms with Gasteiger partial charge in [-0.2, -0.15) is 0 Å². The number of amides is 1. The van der Waals surface area contributed by atoms with Crippen molar-refractivity contribution in [2.75, 3.05) is 4.90 Å². The van der Waals surface area contributed by atoms with Crippen LogP contribution < -0.4 is 9.64 Å². The lowest BCUT2D eigenvalue weighted by molar-refractivity contribution is -0.132. The molecule has 0 radical (unpaired) electrons. The van der Waals surface area contributed by atoms with Crippen molar-refractivity contribution in [1.82, 2.24) is 0 Å². The molecule has 6 heteroatoms. The molecule has 0 spiro atoms. The summed E-state index contributed by atoms with van der Waals surface area (Å²) in [5.41, 5.74) is 1.80. The van der Waals surface area contributed by atoms with Crippen LogP contribution >= 0.6 is 15.9 Å². The molecule has 32 heavy (non-hydrogen) atoms. The van der Waals surface area contributed by atoms with Crippen molar-refractivity contribution in [2.24, 2.45) is 0 Å². The first-order valence-electron chi connectivity index (χ1n) is 10.3. The number of carbonyl (C=O) groups is 2. The van der Waals surface area contributed by atoms with Crippen molar-refractivity contribution in [3.8, 4) is 5.75 Å². The maximum atomic E-state index is 13.1. The summed E-state index contributed by atoms with van der Waals surface area (Å²) in [6.45, 7) is 3.86. The predicted octanol–water partition coefficient (Wildman–Crippen LogP) is 5.86. The minimum Gasteiger partial charge on any atom is -0.507 e. The lowest BCUT2D eigenvalue weighted by atomic mass is 9.95. The molecule has 3 aromatic carbocycles. The molecule has 0 aromatic heterocycles. The molecule has 4 rings (SSSR count). The zero-order valence-corrected chi connectivity index (χ0v) is 19.2. The minimum absolute atomic E-state index is 0.0167. The molecule has 3 aromatic rings. The van der Waals surface area contributed by atoms with Gasteiger partial charge < -0.3 is 9.84 Å². The number of nitrogens with zero attached hydrogens (tertiary/aromatic N) is 1. The zero-order chi connectivity index (χ0) is 22.8.